The molecule has 0 fully saturated rings. The van der Waals surface area contributed by atoms with Crippen LogP contribution in [0, 0.1) is 0 Å². The Kier molecular flexibility index (Phi) is 3.02. The smallest absolute Gasteiger partial charge is 0.0818 e. The SMILES string of the molecule is CC[C@@H](OC)c1ccc2ccccc2c1. The monoisotopic (exact) mass is 200 g/mol. The van der Waals surface area contributed by atoms with Crippen molar-refractivity contribution in [2.24, 2.45) is 0 Å². The number of hydrogen-bond acceptors (Lipinski definition) is 1. The van der Waals surface area contributed by atoms with Crippen molar-refractivity contribution >= 4 is 10.8 Å². The molecule has 0 aromatic heterocycles. The van der Waals surface area contributed by atoms with Gasteiger partial charge in [-0.1, -0.05) is 43.3 Å². The van der Waals surface area contributed by atoms with E-state index < -0.39 is 0 Å². The van der Waals surface area contributed by atoms with Crippen molar-refractivity contribution in [3.05, 3.63) is 48.0 Å². The van der Waals surface area contributed by atoms with E-state index in [1.165, 1.54) is 16.3 Å². The minimum Gasteiger partial charge on any atom is -0.377 e. The van der Waals surface area contributed by atoms with Crippen molar-refractivity contribution in [1.29, 1.82) is 0 Å². The highest BCUT2D eigenvalue weighted by Crippen LogP contribution is 2.24. The molecule has 1 atom stereocenters. The van der Waals surface area contributed by atoms with Gasteiger partial charge in [-0.2, -0.15) is 0 Å². The highest BCUT2D eigenvalue weighted by atomic mass is 16.5. The van der Waals surface area contributed by atoms with Crippen LogP contribution < -0.4 is 0 Å². The Morgan fingerprint density at radius 3 is 2.47 bits per heavy atom. The van der Waals surface area contributed by atoms with Crippen LogP contribution in [0.15, 0.2) is 42.5 Å². The number of rotatable bonds is 3. The zero-order chi connectivity index (χ0) is 10.7. The Morgan fingerprint density at radius 1 is 1.07 bits per heavy atom. The predicted molar refractivity (Wildman–Crippen MR) is 64.0 cm³/mol. The summed E-state index contributed by atoms with van der Waals surface area (Å²) >= 11 is 0. The van der Waals surface area contributed by atoms with Crippen molar-refractivity contribution in [2.75, 3.05) is 7.11 Å². The van der Waals surface area contributed by atoms with Gasteiger partial charge in [0.2, 0.25) is 0 Å². The molecule has 2 rings (SSSR count). The van der Waals surface area contributed by atoms with E-state index in [0.717, 1.165) is 6.42 Å². The van der Waals surface area contributed by atoms with Gasteiger partial charge in [-0.15, -0.1) is 0 Å². The molecular formula is C14H16O. The Labute approximate surface area is 90.7 Å². The lowest BCUT2D eigenvalue weighted by Crippen LogP contribution is -1.99. The average molecular weight is 200 g/mol. The molecule has 0 N–H and O–H groups in total. The van der Waals surface area contributed by atoms with E-state index in [-0.39, 0.29) is 6.10 Å². The van der Waals surface area contributed by atoms with Crippen molar-refractivity contribution in [3.63, 3.8) is 0 Å². The number of ether oxygens (including phenoxy) is 1. The first-order chi connectivity index (χ1) is 7.35. The maximum Gasteiger partial charge on any atom is 0.0818 e. The zero-order valence-electron chi connectivity index (χ0n) is 9.23. The summed E-state index contributed by atoms with van der Waals surface area (Å²) < 4.78 is 5.43. The summed E-state index contributed by atoms with van der Waals surface area (Å²) in [5.41, 5.74) is 1.26. The van der Waals surface area contributed by atoms with Gasteiger partial charge >= 0.3 is 0 Å². The number of hydrogen-bond donors (Lipinski definition) is 0. The number of fused-ring (bicyclic) bond motifs is 1. The largest absolute Gasteiger partial charge is 0.377 e. The van der Waals surface area contributed by atoms with Gasteiger partial charge < -0.3 is 4.74 Å². The third-order valence-electron chi connectivity index (χ3n) is 2.80. The highest BCUT2D eigenvalue weighted by Gasteiger charge is 2.07. The van der Waals surface area contributed by atoms with E-state index in [4.69, 9.17) is 4.74 Å². The minimum atomic E-state index is 0.217. The summed E-state index contributed by atoms with van der Waals surface area (Å²) in [4.78, 5) is 0. The van der Waals surface area contributed by atoms with Crippen molar-refractivity contribution in [1.82, 2.24) is 0 Å². The molecule has 0 saturated heterocycles. The van der Waals surface area contributed by atoms with Crippen LogP contribution >= 0.6 is 0 Å². The van der Waals surface area contributed by atoms with Gasteiger partial charge in [-0.05, 0) is 28.8 Å². The molecular weight excluding hydrogens is 184 g/mol. The molecule has 0 aliphatic carbocycles. The van der Waals surface area contributed by atoms with Gasteiger partial charge in [-0.25, -0.2) is 0 Å². The van der Waals surface area contributed by atoms with Gasteiger partial charge in [0, 0.05) is 7.11 Å². The second-order valence-corrected chi connectivity index (χ2v) is 3.74. The fourth-order valence-corrected chi connectivity index (χ4v) is 1.95. The summed E-state index contributed by atoms with van der Waals surface area (Å²) in [6, 6.07) is 14.9. The van der Waals surface area contributed by atoms with Crippen LogP contribution in [0.25, 0.3) is 10.8 Å². The fraction of sp³-hybridized carbons (Fsp3) is 0.286. The highest BCUT2D eigenvalue weighted by molar-refractivity contribution is 5.83. The maximum absolute atomic E-state index is 5.43. The quantitative estimate of drug-likeness (QED) is 0.729. The Bertz CT molecular complexity index is 444. The molecule has 0 saturated carbocycles. The Hall–Kier alpha value is -1.34. The molecule has 15 heavy (non-hydrogen) atoms. The molecule has 0 heterocycles. The third-order valence-corrected chi connectivity index (χ3v) is 2.80. The van der Waals surface area contributed by atoms with E-state index >= 15 is 0 Å². The zero-order valence-corrected chi connectivity index (χ0v) is 9.23. The van der Waals surface area contributed by atoms with E-state index in [2.05, 4.69) is 49.4 Å². The van der Waals surface area contributed by atoms with E-state index in [1.807, 2.05) is 0 Å². The lowest BCUT2D eigenvalue weighted by atomic mass is 10.0. The van der Waals surface area contributed by atoms with E-state index in [0.29, 0.717) is 0 Å². The second-order valence-electron chi connectivity index (χ2n) is 3.74. The summed E-state index contributed by atoms with van der Waals surface area (Å²) in [6.45, 7) is 2.14. The predicted octanol–water partition coefficient (Wildman–Crippen LogP) is 3.94. The van der Waals surface area contributed by atoms with Gasteiger partial charge in [-0.3, -0.25) is 0 Å². The van der Waals surface area contributed by atoms with Crippen LogP contribution in [0.5, 0.6) is 0 Å². The minimum absolute atomic E-state index is 0.217. The molecule has 2 aromatic carbocycles. The molecule has 0 bridgehead atoms. The van der Waals surface area contributed by atoms with Gasteiger partial charge in [0.05, 0.1) is 6.10 Å². The standard InChI is InChI=1S/C14H16O/c1-3-14(15-2)13-9-8-11-6-4-5-7-12(11)10-13/h4-10,14H,3H2,1-2H3/t14-/m1/s1. The molecule has 2 aromatic rings. The molecule has 78 valence electrons. The summed E-state index contributed by atoms with van der Waals surface area (Å²) in [7, 11) is 1.77. The van der Waals surface area contributed by atoms with Gasteiger partial charge in [0.15, 0.2) is 0 Å². The third kappa shape index (κ3) is 2.02. The number of methoxy groups -OCH3 is 1. The van der Waals surface area contributed by atoms with Crippen LogP contribution in [-0.4, -0.2) is 7.11 Å². The van der Waals surface area contributed by atoms with Crippen molar-refractivity contribution < 1.29 is 4.74 Å². The average Bonchev–Trinajstić information content (AvgIpc) is 2.30. The van der Waals surface area contributed by atoms with Crippen LogP contribution in [0.3, 0.4) is 0 Å². The summed E-state index contributed by atoms with van der Waals surface area (Å²) in [6.07, 6.45) is 1.23. The number of benzene rings is 2. The normalized spacial score (nSPS) is 12.9. The van der Waals surface area contributed by atoms with Crippen LogP contribution in [0.2, 0.25) is 0 Å². The first-order valence-electron chi connectivity index (χ1n) is 5.36. The fourth-order valence-electron chi connectivity index (χ4n) is 1.95. The first kappa shape index (κ1) is 10.2. The molecule has 0 aliphatic rings. The Morgan fingerprint density at radius 2 is 1.80 bits per heavy atom. The van der Waals surface area contributed by atoms with Crippen LogP contribution in [-0.2, 0) is 4.74 Å². The summed E-state index contributed by atoms with van der Waals surface area (Å²) in [5, 5.41) is 2.57. The van der Waals surface area contributed by atoms with Crippen molar-refractivity contribution in [2.45, 2.75) is 19.4 Å². The van der Waals surface area contributed by atoms with Crippen LogP contribution in [0.4, 0.5) is 0 Å². The molecule has 1 nitrogen and oxygen atoms in total. The van der Waals surface area contributed by atoms with E-state index in [1.54, 1.807) is 7.11 Å². The van der Waals surface area contributed by atoms with Gasteiger partial charge in [0.1, 0.15) is 0 Å². The lowest BCUT2D eigenvalue weighted by molar-refractivity contribution is 0.100. The molecule has 0 spiro atoms. The molecule has 0 amide bonds. The maximum atomic E-state index is 5.43. The molecule has 1 heteroatoms. The van der Waals surface area contributed by atoms with Gasteiger partial charge in [0.25, 0.3) is 0 Å². The topological polar surface area (TPSA) is 9.23 Å². The lowest BCUT2D eigenvalue weighted by Gasteiger charge is -2.13. The van der Waals surface area contributed by atoms with Crippen LogP contribution in [0.1, 0.15) is 25.0 Å². The Balaban J connectivity index is 2.46. The molecule has 0 radical (unpaired) electrons. The molecule has 0 unspecified atom stereocenters. The molecule has 0 aliphatic heterocycles. The first-order valence-corrected chi connectivity index (χ1v) is 5.36. The summed E-state index contributed by atoms with van der Waals surface area (Å²) in [5.74, 6) is 0. The van der Waals surface area contributed by atoms with E-state index in [9.17, 15) is 0 Å². The van der Waals surface area contributed by atoms with Crippen molar-refractivity contribution in [3.8, 4) is 0 Å². The second kappa shape index (κ2) is 4.45.